The summed E-state index contributed by atoms with van der Waals surface area (Å²) in [7, 11) is 0. The molecule has 0 spiro atoms. The first kappa shape index (κ1) is 21.8. The van der Waals surface area contributed by atoms with Crippen molar-refractivity contribution in [3.05, 3.63) is 0 Å². The highest BCUT2D eigenvalue weighted by Crippen LogP contribution is 2.76. The lowest BCUT2D eigenvalue weighted by Gasteiger charge is -2.72. The van der Waals surface area contributed by atoms with Crippen LogP contribution >= 0.6 is 0 Å². The Balaban J connectivity index is 1.51. The number of rotatable bonds is 1. The molecule has 11 atom stereocenters. The van der Waals surface area contributed by atoms with Crippen molar-refractivity contribution < 1.29 is 0 Å². The molecule has 0 bridgehead atoms. The summed E-state index contributed by atoms with van der Waals surface area (Å²) in [5, 5.41) is 0. The van der Waals surface area contributed by atoms with Gasteiger partial charge in [0, 0.05) is 0 Å². The molecule has 0 aromatic heterocycles. The van der Waals surface area contributed by atoms with E-state index in [1.807, 2.05) is 0 Å². The summed E-state index contributed by atoms with van der Waals surface area (Å²) in [5.41, 5.74) is 2.42. The highest BCUT2D eigenvalue weighted by molar-refractivity contribution is 5.17. The van der Waals surface area contributed by atoms with Crippen LogP contribution in [0.15, 0.2) is 0 Å². The second kappa shape index (κ2) is 6.76. The summed E-state index contributed by atoms with van der Waals surface area (Å²) >= 11 is 0. The zero-order valence-electron chi connectivity index (χ0n) is 21.7. The molecule has 5 aliphatic rings. The number of hydrogen-bond donors (Lipinski definition) is 0. The summed E-state index contributed by atoms with van der Waals surface area (Å²) in [5.74, 6) is 7.70. The van der Waals surface area contributed by atoms with Crippen LogP contribution in [0, 0.1) is 69.0 Å². The average molecular weight is 413 g/mol. The third-order valence-electron chi connectivity index (χ3n) is 13.8. The summed E-state index contributed by atoms with van der Waals surface area (Å²) < 4.78 is 0. The zero-order valence-corrected chi connectivity index (χ0v) is 21.7. The highest BCUT2D eigenvalue weighted by Gasteiger charge is 2.69. The van der Waals surface area contributed by atoms with Gasteiger partial charge in [0.05, 0.1) is 0 Å². The molecule has 5 rings (SSSR count). The van der Waals surface area contributed by atoms with Crippen molar-refractivity contribution in [2.24, 2.45) is 69.0 Å². The van der Waals surface area contributed by atoms with Crippen LogP contribution in [0.3, 0.4) is 0 Å². The lowest BCUT2D eigenvalue weighted by atomic mass is 9.33. The highest BCUT2D eigenvalue weighted by atomic mass is 14.7. The van der Waals surface area contributed by atoms with Gasteiger partial charge in [-0.2, -0.15) is 0 Å². The molecule has 0 nitrogen and oxygen atoms in total. The summed E-state index contributed by atoms with van der Waals surface area (Å²) in [4.78, 5) is 0. The minimum absolute atomic E-state index is 0.578. The zero-order chi connectivity index (χ0) is 21.7. The van der Waals surface area contributed by atoms with E-state index in [1.165, 1.54) is 51.4 Å². The lowest BCUT2D eigenvalue weighted by molar-refractivity contribution is -0.230. The molecule has 5 saturated carbocycles. The maximum absolute atomic E-state index is 2.81. The van der Waals surface area contributed by atoms with E-state index >= 15 is 0 Å². The molecule has 0 aromatic rings. The Morgan fingerprint density at radius 3 is 2.10 bits per heavy atom. The standard InChI is InChI=1S/C30H52/c1-19(2)22-12-15-28(6)23(22)13-16-30(8)25(28)10-9-24-26-21(4)20(3)11-14-27(26,5)17-18-29(24,30)7/h19-26H,9-18H2,1-8H3/t20-,21+,22-,23+,24-,25-,26-,27-,28+,29-,30-/m1/s1. The Morgan fingerprint density at radius 1 is 0.667 bits per heavy atom. The van der Waals surface area contributed by atoms with E-state index in [0.717, 1.165) is 47.3 Å². The molecule has 0 aliphatic heterocycles. The first-order valence-electron chi connectivity index (χ1n) is 14.0. The Hall–Kier alpha value is 0. The van der Waals surface area contributed by atoms with Gasteiger partial charge in [0.15, 0.2) is 0 Å². The Kier molecular flexibility index (Phi) is 4.92. The van der Waals surface area contributed by atoms with Crippen LogP contribution in [0.25, 0.3) is 0 Å². The monoisotopic (exact) mass is 412 g/mol. The third-order valence-corrected chi connectivity index (χ3v) is 13.8. The van der Waals surface area contributed by atoms with Crippen LogP contribution in [-0.2, 0) is 0 Å². The van der Waals surface area contributed by atoms with Crippen molar-refractivity contribution in [2.75, 3.05) is 0 Å². The van der Waals surface area contributed by atoms with Gasteiger partial charge in [0.2, 0.25) is 0 Å². The van der Waals surface area contributed by atoms with E-state index < -0.39 is 0 Å². The van der Waals surface area contributed by atoms with Crippen LogP contribution < -0.4 is 0 Å². The minimum Gasteiger partial charge on any atom is -0.0625 e. The van der Waals surface area contributed by atoms with Crippen molar-refractivity contribution in [1.29, 1.82) is 0 Å². The Morgan fingerprint density at radius 2 is 1.40 bits per heavy atom. The van der Waals surface area contributed by atoms with E-state index in [9.17, 15) is 0 Å². The van der Waals surface area contributed by atoms with Crippen molar-refractivity contribution in [1.82, 2.24) is 0 Å². The van der Waals surface area contributed by atoms with Crippen molar-refractivity contribution in [3.63, 3.8) is 0 Å². The normalized spacial score (nSPS) is 60.5. The molecule has 0 saturated heterocycles. The van der Waals surface area contributed by atoms with E-state index in [1.54, 1.807) is 12.8 Å². The molecule has 0 aromatic carbocycles. The number of fused-ring (bicyclic) bond motifs is 7. The van der Waals surface area contributed by atoms with Gasteiger partial charge in [0.25, 0.3) is 0 Å². The van der Waals surface area contributed by atoms with Gasteiger partial charge in [-0.05, 0) is 133 Å². The molecule has 0 heterocycles. The minimum atomic E-state index is 0.578. The molecule has 0 heteroatoms. The van der Waals surface area contributed by atoms with Crippen molar-refractivity contribution in [3.8, 4) is 0 Å². The molecule has 172 valence electrons. The van der Waals surface area contributed by atoms with Crippen molar-refractivity contribution >= 4 is 0 Å². The van der Waals surface area contributed by atoms with Gasteiger partial charge in [0.1, 0.15) is 0 Å². The molecule has 0 N–H and O–H groups in total. The van der Waals surface area contributed by atoms with E-state index in [-0.39, 0.29) is 0 Å². The predicted molar refractivity (Wildman–Crippen MR) is 129 cm³/mol. The summed E-state index contributed by atoms with van der Waals surface area (Å²) in [6.45, 7) is 21.3. The van der Waals surface area contributed by atoms with Crippen LogP contribution in [-0.4, -0.2) is 0 Å². The van der Waals surface area contributed by atoms with Crippen LogP contribution in [0.1, 0.15) is 120 Å². The smallest absolute Gasteiger partial charge is 0.0235 e. The fourth-order valence-corrected chi connectivity index (χ4v) is 11.6. The number of hydrogen-bond acceptors (Lipinski definition) is 0. The van der Waals surface area contributed by atoms with Gasteiger partial charge in [-0.15, -0.1) is 0 Å². The molecule has 5 fully saturated rings. The lowest BCUT2D eigenvalue weighted by Crippen LogP contribution is -2.64. The average Bonchev–Trinajstić information content (AvgIpc) is 3.03. The van der Waals surface area contributed by atoms with Gasteiger partial charge in [-0.25, -0.2) is 0 Å². The molecule has 0 unspecified atom stereocenters. The van der Waals surface area contributed by atoms with E-state index in [0.29, 0.717) is 21.7 Å². The topological polar surface area (TPSA) is 0 Å². The first-order valence-corrected chi connectivity index (χ1v) is 14.0. The SMILES string of the molecule is CC(C)[C@H]1CC[C@]2(C)[C@H]3CC[C@@H]4[C@H]5[C@@H](C)[C@H](C)CC[C@]5(C)CC[C@@]4(C)[C@]3(C)CC[C@@H]12. The van der Waals surface area contributed by atoms with E-state index in [2.05, 4.69) is 55.4 Å². The molecule has 0 amide bonds. The Labute approximate surface area is 188 Å². The quantitative estimate of drug-likeness (QED) is 0.403. The maximum atomic E-state index is 2.81. The van der Waals surface area contributed by atoms with Crippen LogP contribution in [0.2, 0.25) is 0 Å². The van der Waals surface area contributed by atoms with Crippen LogP contribution in [0.4, 0.5) is 0 Å². The largest absolute Gasteiger partial charge is 0.0625 e. The molecule has 5 aliphatic carbocycles. The summed E-state index contributed by atoms with van der Waals surface area (Å²) in [6, 6.07) is 0. The molecule has 30 heavy (non-hydrogen) atoms. The van der Waals surface area contributed by atoms with Crippen molar-refractivity contribution in [2.45, 2.75) is 120 Å². The Bertz CT molecular complexity index is 678. The second-order valence-electron chi connectivity index (χ2n) is 14.7. The van der Waals surface area contributed by atoms with Gasteiger partial charge >= 0.3 is 0 Å². The van der Waals surface area contributed by atoms with Crippen LogP contribution in [0.5, 0.6) is 0 Å². The molecular formula is C30H52. The maximum Gasteiger partial charge on any atom is -0.0235 e. The predicted octanol–water partition coefficient (Wildman–Crippen LogP) is 8.99. The van der Waals surface area contributed by atoms with Gasteiger partial charge in [-0.3, -0.25) is 0 Å². The van der Waals surface area contributed by atoms with Gasteiger partial charge < -0.3 is 0 Å². The van der Waals surface area contributed by atoms with E-state index in [4.69, 9.17) is 0 Å². The molecule has 0 radical (unpaired) electrons. The fraction of sp³-hybridized carbons (Fsp3) is 1.00. The molecular weight excluding hydrogens is 360 g/mol. The third kappa shape index (κ3) is 2.58. The van der Waals surface area contributed by atoms with Gasteiger partial charge in [-0.1, -0.05) is 55.4 Å². The fourth-order valence-electron chi connectivity index (χ4n) is 11.6. The first-order chi connectivity index (χ1) is 14.0. The second-order valence-corrected chi connectivity index (χ2v) is 14.7. The summed E-state index contributed by atoms with van der Waals surface area (Å²) in [6.07, 6.45) is 15.2.